The minimum Gasteiger partial charge on any atom is -0.507 e. The van der Waals surface area contributed by atoms with Gasteiger partial charge in [-0.1, -0.05) is 0 Å². The molecule has 2 N–H and O–H groups in total. The molecule has 1 atom stereocenters. The highest BCUT2D eigenvalue weighted by Crippen LogP contribution is 2.24. The van der Waals surface area contributed by atoms with Crippen molar-refractivity contribution in [3.05, 3.63) is 23.8 Å². The molecule has 2 rings (SSSR count). The average molecular weight is 315 g/mol. The number of carbonyl (C=O) groups is 1. The van der Waals surface area contributed by atoms with Gasteiger partial charge in [0.05, 0.1) is 11.0 Å². The van der Waals surface area contributed by atoms with Crippen LogP contribution in [0, 0.1) is 0 Å². The topological polar surface area (TPSA) is 104 Å². The Balaban J connectivity index is 2.39. The molecule has 0 radical (unpaired) electrons. The Labute approximate surface area is 122 Å². The molecule has 1 unspecified atom stereocenters. The average Bonchev–Trinajstić information content (AvgIpc) is 2.63. The van der Waals surface area contributed by atoms with Gasteiger partial charge < -0.3 is 14.9 Å². The zero-order valence-corrected chi connectivity index (χ0v) is 12.3. The monoisotopic (exact) mass is 315 g/mol. The Bertz CT molecular complexity index is 642. The fourth-order valence-electron chi connectivity index (χ4n) is 2.17. The first-order valence-corrected chi connectivity index (χ1v) is 7.94. The van der Waals surface area contributed by atoms with Crippen molar-refractivity contribution in [1.29, 1.82) is 0 Å². The van der Waals surface area contributed by atoms with E-state index < -0.39 is 27.3 Å². The molecule has 0 saturated carbocycles. The van der Waals surface area contributed by atoms with Crippen molar-refractivity contribution in [1.82, 2.24) is 4.31 Å². The zero-order valence-electron chi connectivity index (χ0n) is 11.5. The highest BCUT2D eigenvalue weighted by molar-refractivity contribution is 7.89. The molecule has 0 spiro atoms. The lowest BCUT2D eigenvalue weighted by Gasteiger charge is -2.21. The lowest BCUT2D eigenvalue weighted by atomic mass is 10.2. The Kier molecular flexibility index (Phi) is 4.50. The van der Waals surface area contributed by atoms with Gasteiger partial charge in [0.1, 0.15) is 11.3 Å². The van der Waals surface area contributed by atoms with E-state index in [-0.39, 0.29) is 17.5 Å². The second-order valence-electron chi connectivity index (χ2n) is 4.88. The first kappa shape index (κ1) is 15.7. The molecular formula is C13H17NO6S. The summed E-state index contributed by atoms with van der Waals surface area (Å²) in [7, 11) is -3.81. The van der Waals surface area contributed by atoms with Crippen molar-refractivity contribution in [3.8, 4) is 5.75 Å². The van der Waals surface area contributed by atoms with E-state index >= 15 is 0 Å². The Morgan fingerprint density at radius 1 is 1.43 bits per heavy atom. The molecule has 1 aliphatic rings. The van der Waals surface area contributed by atoms with Gasteiger partial charge in [-0.15, -0.1) is 0 Å². The smallest absolute Gasteiger partial charge is 0.339 e. The summed E-state index contributed by atoms with van der Waals surface area (Å²) >= 11 is 0. The molecule has 21 heavy (non-hydrogen) atoms. The molecule has 1 saturated heterocycles. The van der Waals surface area contributed by atoms with Crippen molar-refractivity contribution in [3.63, 3.8) is 0 Å². The molecule has 1 heterocycles. The third kappa shape index (κ3) is 3.34. The number of aromatic hydroxyl groups is 1. The van der Waals surface area contributed by atoms with Gasteiger partial charge in [0.2, 0.25) is 10.0 Å². The van der Waals surface area contributed by atoms with Crippen LogP contribution in [0.2, 0.25) is 0 Å². The van der Waals surface area contributed by atoms with Gasteiger partial charge in [0, 0.05) is 19.7 Å². The van der Waals surface area contributed by atoms with Gasteiger partial charge in [-0.2, -0.15) is 4.31 Å². The summed E-state index contributed by atoms with van der Waals surface area (Å²) in [5.74, 6) is -1.84. The van der Waals surface area contributed by atoms with E-state index in [2.05, 4.69) is 0 Å². The maximum absolute atomic E-state index is 12.6. The standard InChI is InChI=1S/C13H17NO6S/c1-9-8-14(5-2-6-20-9)21(18,19)10-3-4-12(15)11(7-10)13(16)17/h3-4,7,9,15H,2,5-6,8H2,1H3,(H,16,17). The summed E-state index contributed by atoms with van der Waals surface area (Å²) < 4.78 is 31.8. The number of carboxylic acids is 1. The van der Waals surface area contributed by atoms with Crippen molar-refractivity contribution >= 4 is 16.0 Å². The summed E-state index contributed by atoms with van der Waals surface area (Å²) in [6, 6.07) is 3.25. The molecular weight excluding hydrogens is 298 g/mol. The van der Waals surface area contributed by atoms with E-state index in [1.807, 2.05) is 0 Å². The second kappa shape index (κ2) is 6.00. The number of ether oxygens (including phenoxy) is 1. The largest absolute Gasteiger partial charge is 0.507 e. The molecule has 1 aliphatic heterocycles. The Morgan fingerprint density at radius 3 is 2.81 bits per heavy atom. The number of aromatic carboxylic acids is 1. The third-order valence-electron chi connectivity index (χ3n) is 3.25. The number of carboxylic acid groups (broad SMARTS) is 1. The van der Waals surface area contributed by atoms with Crippen LogP contribution in [0.25, 0.3) is 0 Å². The molecule has 116 valence electrons. The highest BCUT2D eigenvalue weighted by Gasteiger charge is 2.29. The van der Waals surface area contributed by atoms with Crippen LogP contribution in [0.5, 0.6) is 5.75 Å². The number of nitrogens with zero attached hydrogens (tertiary/aromatic N) is 1. The Morgan fingerprint density at radius 2 is 2.14 bits per heavy atom. The van der Waals surface area contributed by atoms with Crippen LogP contribution in [0.1, 0.15) is 23.7 Å². The van der Waals surface area contributed by atoms with Crippen LogP contribution in [-0.4, -0.2) is 54.7 Å². The van der Waals surface area contributed by atoms with Crippen molar-refractivity contribution in [2.45, 2.75) is 24.3 Å². The zero-order chi connectivity index (χ0) is 15.6. The lowest BCUT2D eigenvalue weighted by Crippen LogP contribution is -2.36. The highest BCUT2D eigenvalue weighted by atomic mass is 32.2. The fourth-order valence-corrected chi connectivity index (χ4v) is 3.75. The molecule has 0 bridgehead atoms. The van der Waals surface area contributed by atoms with Gasteiger partial charge in [-0.05, 0) is 31.5 Å². The van der Waals surface area contributed by atoms with Crippen LogP contribution in [0.3, 0.4) is 0 Å². The summed E-state index contributed by atoms with van der Waals surface area (Å²) in [5.41, 5.74) is -0.435. The first-order valence-electron chi connectivity index (χ1n) is 6.50. The van der Waals surface area contributed by atoms with E-state index in [0.29, 0.717) is 19.6 Å². The van der Waals surface area contributed by atoms with Gasteiger partial charge in [-0.25, -0.2) is 13.2 Å². The van der Waals surface area contributed by atoms with E-state index in [1.165, 1.54) is 10.4 Å². The number of hydrogen-bond acceptors (Lipinski definition) is 5. The number of benzene rings is 1. The summed E-state index contributed by atoms with van der Waals surface area (Å²) in [6.45, 7) is 2.80. The molecule has 1 fully saturated rings. The number of rotatable bonds is 3. The van der Waals surface area contributed by atoms with Gasteiger partial charge in [0.15, 0.2) is 0 Å². The fraction of sp³-hybridized carbons (Fsp3) is 0.462. The van der Waals surface area contributed by atoms with Crippen LogP contribution >= 0.6 is 0 Å². The van der Waals surface area contributed by atoms with Crippen molar-refractivity contribution < 1.29 is 28.2 Å². The molecule has 1 aromatic carbocycles. The predicted octanol–water partition coefficient (Wildman–Crippen LogP) is 0.890. The van der Waals surface area contributed by atoms with E-state index in [4.69, 9.17) is 9.84 Å². The molecule has 0 amide bonds. The lowest BCUT2D eigenvalue weighted by molar-refractivity contribution is 0.0693. The Hall–Kier alpha value is -1.64. The van der Waals surface area contributed by atoms with E-state index in [0.717, 1.165) is 12.1 Å². The van der Waals surface area contributed by atoms with Crippen LogP contribution in [0.15, 0.2) is 23.1 Å². The molecule has 1 aromatic rings. The quantitative estimate of drug-likeness (QED) is 0.858. The van der Waals surface area contributed by atoms with Gasteiger partial charge in [-0.3, -0.25) is 0 Å². The minimum absolute atomic E-state index is 0.146. The molecule has 0 aromatic heterocycles. The SMILES string of the molecule is CC1CN(S(=O)(=O)c2ccc(O)c(C(=O)O)c2)CCCO1. The van der Waals surface area contributed by atoms with Crippen molar-refractivity contribution in [2.75, 3.05) is 19.7 Å². The maximum Gasteiger partial charge on any atom is 0.339 e. The summed E-state index contributed by atoms with van der Waals surface area (Å²) in [6.07, 6.45) is 0.353. The van der Waals surface area contributed by atoms with Crippen LogP contribution < -0.4 is 0 Å². The minimum atomic E-state index is -3.81. The normalized spacial score (nSPS) is 20.9. The van der Waals surface area contributed by atoms with E-state index in [1.54, 1.807) is 6.92 Å². The molecule has 7 nitrogen and oxygen atoms in total. The number of sulfonamides is 1. The number of hydrogen-bond donors (Lipinski definition) is 2. The second-order valence-corrected chi connectivity index (χ2v) is 6.82. The van der Waals surface area contributed by atoms with Gasteiger partial charge >= 0.3 is 5.97 Å². The third-order valence-corrected chi connectivity index (χ3v) is 5.11. The molecule has 8 heteroatoms. The van der Waals surface area contributed by atoms with Crippen LogP contribution in [-0.2, 0) is 14.8 Å². The maximum atomic E-state index is 12.6. The summed E-state index contributed by atoms with van der Waals surface area (Å²) in [4.78, 5) is 10.8. The predicted molar refractivity (Wildman–Crippen MR) is 73.9 cm³/mol. The van der Waals surface area contributed by atoms with Crippen molar-refractivity contribution in [2.24, 2.45) is 0 Å². The first-order chi connectivity index (χ1) is 9.82. The van der Waals surface area contributed by atoms with Crippen LogP contribution in [0.4, 0.5) is 0 Å². The number of phenols is 1. The summed E-state index contributed by atoms with van der Waals surface area (Å²) in [5, 5.41) is 18.4. The molecule has 0 aliphatic carbocycles. The van der Waals surface area contributed by atoms with Gasteiger partial charge in [0.25, 0.3) is 0 Å². The van der Waals surface area contributed by atoms with E-state index in [9.17, 15) is 18.3 Å².